The van der Waals surface area contributed by atoms with Crippen molar-refractivity contribution in [2.24, 2.45) is 5.41 Å². The van der Waals surface area contributed by atoms with Gasteiger partial charge in [-0.15, -0.1) is 0 Å². The predicted molar refractivity (Wildman–Crippen MR) is 56.9 cm³/mol. The molecule has 0 aliphatic carbocycles. The van der Waals surface area contributed by atoms with E-state index in [0.717, 1.165) is 25.4 Å². The van der Waals surface area contributed by atoms with Gasteiger partial charge in [0.05, 0.1) is 24.9 Å². The largest absolute Gasteiger partial charge is 0.468 e. The van der Waals surface area contributed by atoms with E-state index in [1.165, 1.54) is 0 Å². The number of nitrogens with zero attached hydrogens (tertiary/aromatic N) is 3. The minimum Gasteiger partial charge on any atom is -0.468 e. The summed E-state index contributed by atoms with van der Waals surface area (Å²) < 4.78 is 5.27. The molecule has 1 aliphatic heterocycles. The lowest BCUT2D eigenvalue weighted by Gasteiger charge is -2.32. The molecule has 16 heavy (non-hydrogen) atoms. The van der Waals surface area contributed by atoms with Crippen molar-refractivity contribution in [1.82, 2.24) is 4.90 Å². The number of nitriles is 2. The molecule has 1 saturated heterocycles. The molecule has 0 saturated carbocycles. The van der Waals surface area contributed by atoms with E-state index in [2.05, 4.69) is 17.0 Å². The van der Waals surface area contributed by atoms with Crippen LogP contribution in [0, 0.1) is 28.1 Å². The molecule has 0 bridgehead atoms. The van der Waals surface area contributed by atoms with Crippen LogP contribution in [0.25, 0.3) is 0 Å². The van der Waals surface area contributed by atoms with Gasteiger partial charge in [-0.05, 0) is 25.0 Å². The lowest BCUT2D eigenvalue weighted by molar-refractivity contribution is 0.159. The third-order valence-electron chi connectivity index (χ3n) is 3.10. The van der Waals surface area contributed by atoms with Gasteiger partial charge in [-0.3, -0.25) is 4.90 Å². The molecule has 1 aliphatic rings. The predicted octanol–water partition coefficient (Wildman–Crippen LogP) is 1.91. The lowest BCUT2D eigenvalue weighted by Crippen LogP contribution is -2.38. The van der Waals surface area contributed by atoms with E-state index in [0.29, 0.717) is 12.8 Å². The highest BCUT2D eigenvalue weighted by Crippen LogP contribution is 2.30. The second kappa shape index (κ2) is 4.38. The van der Waals surface area contributed by atoms with Gasteiger partial charge in [0.15, 0.2) is 0 Å². The molecule has 0 N–H and O–H groups in total. The van der Waals surface area contributed by atoms with Crippen LogP contribution < -0.4 is 0 Å². The Balaban J connectivity index is 1.91. The van der Waals surface area contributed by atoms with Crippen molar-refractivity contribution in [2.45, 2.75) is 19.4 Å². The first-order valence-corrected chi connectivity index (χ1v) is 5.35. The van der Waals surface area contributed by atoms with E-state index in [9.17, 15) is 0 Å². The Morgan fingerprint density at radius 3 is 2.50 bits per heavy atom. The van der Waals surface area contributed by atoms with Gasteiger partial charge in [0, 0.05) is 13.1 Å². The quantitative estimate of drug-likeness (QED) is 0.755. The third-order valence-corrected chi connectivity index (χ3v) is 3.10. The monoisotopic (exact) mass is 215 g/mol. The van der Waals surface area contributed by atoms with Gasteiger partial charge in [-0.1, -0.05) is 0 Å². The Morgan fingerprint density at radius 1 is 1.31 bits per heavy atom. The summed E-state index contributed by atoms with van der Waals surface area (Å²) in [6, 6.07) is 8.08. The van der Waals surface area contributed by atoms with Crippen LogP contribution in [-0.4, -0.2) is 18.0 Å². The molecule has 0 radical (unpaired) electrons. The summed E-state index contributed by atoms with van der Waals surface area (Å²) in [5.74, 6) is 0.932. The lowest BCUT2D eigenvalue weighted by atomic mass is 9.81. The van der Waals surface area contributed by atoms with E-state index in [1.807, 2.05) is 12.1 Å². The van der Waals surface area contributed by atoms with E-state index < -0.39 is 5.41 Å². The van der Waals surface area contributed by atoms with Crippen LogP contribution in [0.3, 0.4) is 0 Å². The maximum Gasteiger partial charge on any atom is 0.146 e. The number of rotatable bonds is 2. The molecule has 0 atom stereocenters. The zero-order valence-electron chi connectivity index (χ0n) is 9.02. The van der Waals surface area contributed by atoms with Crippen molar-refractivity contribution in [3.63, 3.8) is 0 Å². The van der Waals surface area contributed by atoms with Crippen molar-refractivity contribution in [3.8, 4) is 12.1 Å². The van der Waals surface area contributed by atoms with Gasteiger partial charge in [0.25, 0.3) is 0 Å². The van der Waals surface area contributed by atoms with Crippen molar-refractivity contribution < 1.29 is 4.42 Å². The highest BCUT2D eigenvalue weighted by molar-refractivity contribution is 5.15. The molecule has 2 rings (SSSR count). The minimum atomic E-state index is -0.764. The maximum absolute atomic E-state index is 8.97. The van der Waals surface area contributed by atoms with Gasteiger partial charge in [0.1, 0.15) is 11.2 Å². The van der Waals surface area contributed by atoms with Crippen LogP contribution in [0.5, 0.6) is 0 Å². The molecule has 4 heteroatoms. The average Bonchev–Trinajstić information content (AvgIpc) is 2.83. The zero-order valence-corrected chi connectivity index (χ0v) is 9.02. The van der Waals surface area contributed by atoms with E-state index in [-0.39, 0.29) is 0 Å². The fourth-order valence-electron chi connectivity index (χ4n) is 1.96. The number of hydrogen-bond donors (Lipinski definition) is 0. The maximum atomic E-state index is 8.97. The van der Waals surface area contributed by atoms with Gasteiger partial charge < -0.3 is 4.42 Å². The molecule has 1 aromatic rings. The first-order valence-electron chi connectivity index (χ1n) is 5.35. The summed E-state index contributed by atoms with van der Waals surface area (Å²) in [6.07, 6.45) is 2.91. The Morgan fingerprint density at radius 2 is 2.00 bits per heavy atom. The number of piperidine rings is 1. The highest BCUT2D eigenvalue weighted by Gasteiger charge is 2.34. The normalized spacial score (nSPS) is 19.9. The van der Waals surface area contributed by atoms with Crippen LogP contribution >= 0.6 is 0 Å². The first-order chi connectivity index (χ1) is 7.78. The Hall–Kier alpha value is -1.78. The van der Waals surface area contributed by atoms with Crippen LogP contribution in [0.1, 0.15) is 18.6 Å². The van der Waals surface area contributed by atoms with E-state index in [4.69, 9.17) is 14.9 Å². The summed E-state index contributed by atoms with van der Waals surface area (Å²) in [5.41, 5.74) is -0.764. The molecule has 1 fully saturated rings. The summed E-state index contributed by atoms with van der Waals surface area (Å²) in [4.78, 5) is 2.21. The molecule has 0 spiro atoms. The van der Waals surface area contributed by atoms with Crippen molar-refractivity contribution >= 4 is 0 Å². The Kier molecular flexibility index (Phi) is 2.94. The standard InChI is InChI=1S/C12H13N3O/c13-9-12(10-14)3-5-15(6-4-12)8-11-2-1-7-16-11/h1-2,7H,3-6,8H2. The van der Waals surface area contributed by atoms with Crippen LogP contribution in [-0.2, 0) is 6.54 Å². The van der Waals surface area contributed by atoms with Crippen LogP contribution in [0.15, 0.2) is 22.8 Å². The van der Waals surface area contributed by atoms with Crippen molar-refractivity contribution in [1.29, 1.82) is 10.5 Å². The molecule has 2 heterocycles. The topological polar surface area (TPSA) is 64.0 Å². The SMILES string of the molecule is N#CC1(C#N)CCN(Cc2ccco2)CC1. The average molecular weight is 215 g/mol. The Bertz CT molecular complexity index is 400. The first kappa shape index (κ1) is 10.7. The fraction of sp³-hybridized carbons (Fsp3) is 0.500. The van der Waals surface area contributed by atoms with Crippen LogP contribution in [0.2, 0.25) is 0 Å². The third kappa shape index (κ3) is 2.08. The minimum absolute atomic E-state index is 0.626. The van der Waals surface area contributed by atoms with Gasteiger partial charge in [-0.2, -0.15) is 10.5 Å². The fourth-order valence-corrected chi connectivity index (χ4v) is 1.96. The smallest absolute Gasteiger partial charge is 0.146 e. The summed E-state index contributed by atoms with van der Waals surface area (Å²) in [6.45, 7) is 2.32. The summed E-state index contributed by atoms with van der Waals surface area (Å²) in [5, 5.41) is 17.9. The second-order valence-corrected chi connectivity index (χ2v) is 4.16. The zero-order chi connectivity index (χ0) is 11.4. The van der Waals surface area contributed by atoms with Gasteiger partial charge in [0.2, 0.25) is 0 Å². The van der Waals surface area contributed by atoms with Gasteiger partial charge in [-0.25, -0.2) is 0 Å². The van der Waals surface area contributed by atoms with Crippen molar-refractivity contribution in [3.05, 3.63) is 24.2 Å². The van der Waals surface area contributed by atoms with Crippen LogP contribution in [0.4, 0.5) is 0 Å². The molecular weight excluding hydrogens is 202 g/mol. The van der Waals surface area contributed by atoms with E-state index >= 15 is 0 Å². The molecule has 0 unspecified atom stereocenters. The number of hydrogen-bond acceptors (Lipinski definition) is 4. The van der Waals surface area contributed by atoms with Gasteiger partial charge >= 0.3 is 0 Å². The molecule has 0 aromatic carbocycles. The summed E-state index contributed by atoms with van der Waals surface area (Å²) in [7, 11) is 0. The number of likely N-dealkylation sites (tertiary alicyclic amines) is 1. The molecular formula is C12H13N3O. The molecule has 1 aromatic heterocycles. The Labute approximate surface area is 94.7 Å². The molecule has 82 valence electrons. The second-order valence-electron chi connectivity index (χ2n) is 4.16. The van der Waals surface area contributed by atoms with E-state index in [1.54, 1.807) is 6.26 Å². The number of furan rings is 1. The molecule has 4 nitrogen and oxygen atoms in total. The highest BCUT2D eigenvalue weighted by atomic mass is 16.3. The van der Waals surface area contributed by atoms with Crippen molar-refractivity contribution in [2.75, 3.05) is 13.1 Å². The summed E-state index contributed by atoms with van der Waals surface area (Å²) >= 11 is 0. The molecule has 0 amide bonds.